The smallest absolute Gasteiger partial charge is 0.242 e. The van der Waals surface area contributed by atoms with Crippen molar-refractivity contribution in [1.82, 2.24) is 5.32 Å². The van der Waals surface area contributed by atoms with Gasteiger partial charge in [-0.25, -0.2) is 0 Å². The molecule has 1 N–H and O–H groups in total. The van der Waals surface area contributed by atoms with Gasteiger partial charge in [0.2, 0.25) is 22.2 Å². The van der Waals surface area contributed by atoms with Crippen LogP contribution in [0.25, 0.3) is 0 Å². The van der Waals surface area contributed by atoms with Gasteiger partial charge < -0.3 is 5.32 Å². The van der Waals surface area contributed by atoms with Crippen LogP contribution in [-0.4, -0.2) is 32.9 Å². The number of rotatable bonds is 2. The van der Waals surface area contributed by atoms with Gasteiger partial charge in [-0.05, 0) is 5.41 Å². The van der Waals surface area contributed by atoms with Crippen LogP contribution in [0.4, 0.5) is 0 Å². The number of carbonyl (C=O) groups is 1. The van der Waals surface area contributed by atoms with Crippen LogP contribution in [0.5, 0.6) is 0 Å². The van der Waals surface area contributed by atoms with E-state index in [2.05, 4.69) is 21.2 Å². The first kappa shape index (κ1) is 7.48. The first-order valence-corrected chi connectivity index (χ1v) is 4.67. The van der Waals surface area contributed by atoms with Crippen LogP contribution in [0, 0.1) is 0 Å². The van der Waals surface area contributed by atoms with E-state index in [0.717, 1.165) is 21.7 Å². The van der Waals surface area contributed by atoms with Crippen molar-refractivity contribution in [3.05, 3.63) is 0 Å². The summed E-state index contributed by atoms with van der Waals surface area (Å²) in [6.45, 7) is 0. The minimum Gasteiger partial charge on any atom is -0.370 e. The lowest BCUT2D eigenvalue weighted by atomic mass is 10.7. The molecule has 4 heteroatoms. The molecule has 0 radical (unpaired) electrons. The number of halogens is 1. The Bertz CT molecular complexity index is 68.0. The van der Waals surface area contributed by atoms with Crippen LogP contribution >= 0.6 is 15.9 Å². The molecule has 0 aliphatic carbocycles. The van der Waals surface area contributed by atoms with Gasteiger partial charge in [-0.1, -0.05) is 15.9 Å². The van der Waals surface area contributed by atoms with Crippen LogP contribution in [-0.2, 0) is 4.79 Å². The maximum atomic E-state index is 10.3. The molecule has 0 unspecified atom stereocenters. The largest absolute Gasteiger partial charge is 0.370 e. The van der Waals surface area contributed by atoms with Gasteiger partial charge in [0, 0.05) is 0 Å². The minimum absolute atomic E-state index is 0.0787. The van der Waals surface area contributed by atoms with Crippen molar-refractivity contribution in [3.8, 4) is 0 Å². The van der Waals surface area contributed by atoms with Crippen molar-refractivity contribution in [3.63, 3.8) is 0 Å². The summed E-state index contributed by atoms with van der Waals surface area (Å²) in [6, 6.07) is 0. The zero-order valence-corrected chi connectivity index (χ0v) is 7.79. The molecule has 0 aromatic rings. The Labute approximate surface area is 59.2 Å². The fourth-order valence-electron chi connectivity index (χ4n) is 0.244. The van der Waals surface area contributed by atoms with E-state index < -0.39 is 0 Å². The van der Waals surface area contributed by atoms with Crippen LogP contribution < -0.4 is 5.32 Å². The Morgan fingerprint density at radius 3 is 2.57 bits per heavy atom. The molecule has 0 spiro atoms. The predicted octanol–water partition coefficient (Wildman–Crippen LogP) is -0.912. The van der Waals surface area contributed by atoms with Gasteiger partial charge in [-0.15, -0.1) is 0 Å². The Kier molecular flexibility index (Phi) is 4.96. The Morgan fingerprint density at radius 2 is 2.43 bits per heavy atom. The summed E-state index contributed by atoms with van der Waals surface area (Å²) in [5, 5.41) is 3.95. The molecule has 0 fully saturated rings. The molecular formula is C3H7AlBrNO. The second-order valence-corrected chi connectivity index (χ2v) is 2.35. The average molecular weight is 180 g/mol. The summed E-state index contributed by atoms with van der Waals surface area (Å²) in [7, 11) is 0. The zero-order valence-electron chi connectivity index (χ0n) is 4.20. The summed E-state index contributed by atoms with van der Waals surface area (Å²) in [5.41, 5.74) is 0. The van der Waals surface area contributed by atoms with E-state index in [9.17, 15) is 4.79 Å². The standard InChI is InChI=1S/C3H5BrNO.Al.2H/c1-5-3(6)2-4;;;/h1-2H2,(H,5,6);;;. The van der Waals surface area contributed by atoms with E-state index in [4.69, 9.17) is 0 Å². The van der Waals surface area contributed by atoms with Crippen molar-refractivity contribution < 1.29 is 4.79 Å². The van der Waals surface area contributed by atoms with Crippen molar-refractivity contribution in [2.45, 2.75) is 0 Å². The van der Waals surface area contributed by atoms with Gasteiger partial charge in [-0.3, -0.25) is 4.79 Å². The van der Waals surface area contributed by atoms with Gasteiger partial charge in [0.1, 0.15) is 0 Å². The SMILES string of the molecule is O=C(CBr)N[CH2][AlH2]. The van der Waals surface area contributed by atoms with Gasteiger partial charge in [0.05, 0.1) is 5.33 Å². The first-order valence-electron chi connectivity index (χ1n) is 2.14. The Balaban J connectivity index is 3.00. The molecule has 0 aliphatic rings. The van der Waals surface area contributed by atoms with E-state index in [1.165, 1.54) is 0 Å². The van der Waals surface area contributed by atoms with Crippen molar-refractivity contribution >= 4 is 38.1 Å². The molecule has 0 aliphatic heterocycles. The topological polar surface area (TPSA) is 29.1 Å². The maximum absolute atomic E-state index is 10.3. The third-order valence-corrected chi connectivity index (χ3v) is 1.36. The summed E-state index contributed by atoms with van der Waals surface area (Å²) in [6.07, 6.45) is 0. The lowest BCUT2D eigenvalue weighted by Gasteiger charge is -1.92. The van der Waals surface area contributed by atoms with Crippen LogP contribution in [0.3, 0.4) is 0 Å². The summed E-state index contributed by atoms with van der Waals surface area (Å²) in [5.74, 6) is 0.0787. The van der Waals surface area contributed by atoms with Crippen LogP contribution in [0.15, 0.2) is 0 Å². The van der Waals surface area contributed by atoms with Crippen molar-refractivity contribution in [1.29, 1.82) is 0 Å². The molecule has 0 bridgehead atoms. The van der Waals surface area contributed by atoms with E-state index in [1.54, 1.807) is 0 Å². The molecule has 0 atom stereocenters. The highest BCUT2D eigenvalue weighted by Crippen LogP contribution is 1.75. The van der Waals surface area contributed by atoms with Gasteiger partial charge in [0.15, 0.2) is 0 Å². The lowest BCUT2D eigenvalue weighted by Crippen LogP contribution is -2.24. The molecule has 40 valence electrons. The van der Waals surface area contributed by atoms with Crippen molar-refractivity contribution in [2.75, 3.05) is 10.7 Å². The number of alkyl halides is 1. The fraction of sp³-hybridized carbons (Fsp3) is 0.667. The Hall–Kier alpha value is 0.482. The van der Waals surface area contributed by atoms with Crippen LogP contribution in [0.2, 0.25) is 0 Å². The summed E-state index contributed by atoms with van der Waals surface area (Å²) >= 11 is 4.06. The highest BCUT2D eigenvalue weighted by Gasteiger charge is 1.89. The quantitative estimate of drug-likeness (QED) is 0.432. The number of carbonyl (C=O) groups excluding carboxylic acids is 1. The Morgan fingerprint density at radius 1 is 1.86 bits per heavy atom. The molecule has 0 aromatic heterocycles. The highest BCUT2D eigenvalue weighted by molar-refractivity contribution is 9.09. The average Bonchev–Trinajstić information content (AvgIpc) is 1.68. The van der Waals surface area contributed by atoms with Crippen LogP contribution in [0.1, 0.15) is 0 Å². The van der Waals surface area contributed by atoms with E-state index in [1.807, 2.05) is 0 Å². The second kappa shape index (κ2) is 4.64. The van der Waals surface area contributed by atoms with Gasteiger partial charge >= 0.3 is 0 Å². The number of hydrogen-bond donors (Lipinski definition) is 1. The molecule has 2 nitrogen and oxygen atoms in total. The summed E-state index contributed by atoms with van der Waals surface area (Å²) in [4.78, 5) is 10.3. The molecule has 1 amide bonds. The van der Waals surface area contributed by atoms with E-state index in [0.29, 0.717) is 5.33 Å². The third-order valence-electron chi connectivity index (χ3n) is 0.495. The molecule has 0 rings (SSSR count). The molecule has 0 saturated carbocycles. The van der Waals surface area contributed by atoms with E-state index in [-0.39, 0.29) is 5.91 Å². The van der Waals surface area contributed by atoms with E-state index >= 15 is 0 Å². The first-order chi connectivity index (χ1) is 3.31. The maximum Gasteiger partial charge on any atom is 0.242 e. The number of hydrogen-bond acceptors (Lipinski definition) is 1. The lowest BCUT2D eigenvalue weighted by molar-refractivity contribution is -0.118. The molecule has 0 heterocycles. The zero-order chi connectivity index (χ0) is 5.70. The molecule has 0 saturated heterocycles. The predicted molar refractivity (Wildman–Crippen MR) is 35.3 cm³/mol. The minimum atomic E-state index is 0.0787. The molecule has 7 heavy (non-hydrogen) atoms. The summed E-state index contributed by atoms with van der Waals surface area (Å²) < 4.78 is 0. The monoisotopic (exact) mass is 179 g/mol. The number of nitrogens with one attached hydrogen (secondary N) is 1. The molecule has 0 aromatic carbocycles. The van der Waals surface area contributed by atoms with Gasteiger partial charge in [-0.2, -0.15) is 0 Å². The fourth-order valence-corrected chi connectivity index (χ4v) is 0.837. The number of amides is 1. The highest BCUT2D eigenvalue weighted by atomic mass is 79.9. The normalized spacial score (nSPS) is 8.14. The third kappa shape index (κ3) is 4.33. The molecular weight excluding hydrogens is 173 g/mol. The van der Waals surface area contributed by atoms with Gasteiger partial charge in [0.25, 0.3) is 0 Å². The van der Waals surface area contributed by atoms with Crippen molar-refractivity contribution in [2.24, 2.45) is 0 Å². The second-order valence-electron chi connectivity index (χ2n) is 1.09.